The lowest BCUT2D eigenvalue weighted by Gasteiger charge is -2.32. The number of nitrogens with one attached hydrogen (secondary N) is 1. The predicted octanol–water partition coefficient (Wildman–Crippen LogP) is 2.98. The molecule has 1 aliphatic heterocycles. The largest absolute Gasteiger partial charge is 0.372 e. The number of aromatic nitrogens is 2. The molecule has 0 bridgehead atoms. The summed E-state index contributed by atoms with van der Waals surface area (Å²) in [6, 6.07) is 2.01. The van der Waals surface area contributed by atoms with E-state index in [-0.39, 0.29) is 5.91 Å². The van der Waals surface area contributed by atoms with Crippen molar-refractivity contribution in [3.05, 3.63) is 40.0 Å². The predicted molar refractivity (Wildman–Crippen MR) is 93.0 cm³/mol. The molecular weight excluding hydrogens is 308 g/mol. The van der Waals surface area contributed by atoms with Crippen LogP contribution in [0.2, 0.25) is 0 Å². The third kappa shape index (κ3) is 3.52. The lowest BCUT2D eigenvalue weighted by atomic mass is 9.93. The number of piperidine rings is 1. The van der Waals surface area contributed by atoms with Crippen LogP contribution in [0, 0.1) is 12.8 Å². The van der Waals surface area contributed by atoms with Crippen LogP contribution in [0.3, 0.4) is 0 Å². The Kier molecular flexibility index (Phi) is 4.91. The average Bonchev–Trinajstić information content (AvgIpc) is 3.01. The first kappa shape index (κ1) is 15.9. The third-order valence-corrected chi connectivity index (χ3v) is 5.36. The molecular formula is C17H22N4OS. The Labute approximate surface area is 140 Å². The van der Waals surface area contributed by atoms with Gasteiger partial charge in [-0.2, -0.15) is 0 Å². The average molecular weight is 330 g/mol. The van der Waals surface area contributed by atoms with Gasteiger partial charge in [-0.25, -0.2) is 4.98 Å². The van der Waals surface area contributed by atoms with Crippen molar-refractivity contribution in [3.8, 4) is 0 Å². The molecule has 0 saturated carbocycles. The molecule has 1 unspecified atom stereocenters. The Bertz CT molecular complexity index is 685. The van der Waals surface area contributed by atoms with E-state index in [0.29, 0.717) is 5.92 Å². The minimum atomic E-state index is 0.176. The van der Waals surface area contributed by atoms with E-state index in [1.54, 1.807) is 12.4 Å². The molecule has 6 heteroatoms. The van der Waals surface area contributed by atoms with Crippen molar-refractivity contribution in [1.29, 1.82) is 0 Å². The summed E-state index contributed by atoms with van der Waals surface area (Å²) in [6.07, 6.45) is 6.47. The molecule has 1 fully saturated rings. The number of hydrogen-bond acceptors (Lipinski definition) is 5. The number of nitrogens with zero attached hydrogens (tertiary/aromatic N) is 3. The zero-order valence-corrected chi connectivity index (χ0v) is 14.4. The highest BCUT2D eigenvalue weighted by atomic mass is 32.1. The number of carbonyl (C=O) groups excluding carboxylic acids is 1. The molecule has 0 aromatic carbocycles. The second kappa shape index (κ2) is 7.08. The maximum absolute atomic E-state index is 12.7. The number of carbonyl (C=O) groups is 1. The van der Waals surface area contributed by atoms with E-state index in [2.05, 4.69) is 15.3 Å². The van der Waals surface area contributed by atoms with Gasteiger partial charge in [0, 0.05) is 32.5 Å². The van der Waals surface area contributed by atoms with Crippen LogP contribution in [0.1, 0.15) is 33.8 Å². The first-order chi connectivity index (χ1) is 11.2. The molecule has 2 aromatic rings. The molecule has 0 aliphatic carbocycles. The fourth-order valence-corrected chi connectivity index (χ4v) is 4.04. The quantitative estimate of drug-likeness (QED) is 0.936. The molecule has 2 aromatic heterocycles. The fourth-order valence-electron chi connectivity index (χ4n) is 3.15. The van der Waals surface area contributed by atoms with Gasteiger partial charge in [0.1, 0.15) is 5.82 Å². The highest BCUT2D eigenvalue weighted by Gasteiger charge is 2.26. The Morgan fingerprint density at radius 1 is 1.43 bits per heavy atom. The highest BCUT2D eigenvalue weighted by Crippen LogP contribution is 2.25. The Morgan fingerprint density at radius 2 is 2.26 bits per heavy atom. The van der Waals surface area contributed by atoms with Crippen LogP contribution in [0.4, 0.5) is 5.82 Å². The van der Waals surface area contributed by atoms with Gasteiger partial charge < -0.3 is 10.2 Å². The Hall–Kier alpha value is -1.95. The number of amides is 1. The molecule has 122 valence electrons. The summed E-state index contributed by atoms with van der Waals surface area (Å²) >= 11 is 1.54. The molecule has 23 heavy (non-hydrogen) atoms. The van der Waals surface area contributed by atoms with Gasteiger partial charge in [0.25, 0.3) is 5.91 Å². The molecule has 0 spiro atoms. The van der Waals surface area contributed by atoms with Crippen molar-refractivity contribution in [3.63, 3.8) is 0 Å². The molecule has 1 atom stereocenters. The smallest absolute Gasteiger partial charge is 0.264 e. The van der Waals surface area contributed by atoms with E-state index in [1.165, 1.54) is 11.3 Å². The van der Waals surface area contributed by atoms with Crippen molar-refractivity contribution in [2.45, 2.75) is 26.2 Å². The van der Waals surface area contributed by atoms with E-state index in [9.17, 15) is 4.79 Å². The summed E-state index contributed by atoms with van der Waals surface area (Å²) in [7, 11) is 1.86. The molecule has 1 saturated heterocycles. The lowest BCUT2D eigenvalue weighted by Crippen LogP contribution is -2.40. The topological polar surface area (TPSA) is 58.1 Å². The standard InChI is InChI=1S/C17H22N4OS/c1-12-5-9-23-15(12)17(22)21-8-3-4-13(11-21)10-14-16(18-2)20-7-6-19-14/h5-7,9,13H,3-4,8,10-11H2,1-2H3,(H,18,20). The number of hydrogen-bond donors (Lipinski definition) is 1. The monoisotopic (exact) mass is 330 g/mol. The number of likely N-dealkylation sites (tertiary alicyclic amines) is 1. The molecule has 3 heterocycles. The summed E-state index contributed by atoms with van der Waals surface area (Å²) in [5, 5.41) is 5.09. The van der Waals surface area contributed by atoms with Crippen LogP contribution >= 0.6 is 11.3 Å². The minimum absolute atomic E-state index is 0.176. The van der Waals surface area contributed by atoms with E-state index in [1.807, 2.05) is 30.3 Å². The summed E-state index contributed by atoms with van der Waals surface area (Å²) in [4.78, 5) is 24.3. The molecule has 3 rings (SSSR count). The van der Waals surface area contributed by atoms with E-state index in [4.69, 9.17) is 0 Å². The van der Waals surface area contributed by atoms with E-state index in [0.717, 1.165) is 54.3 Å². The molecule has 0 radical (unpaired) electrons. The minimum Gasteiger partial charge on any atom is -0.372 e. The van der Waals surface area contributed by atoms with Gasteiger partial charge in [0.2, 0.25) is 0 Å². The van der Waals surface area contributed by atoms with Gasteiger partial charge in [-0.05, 0) is 49.1 Å². The molecule has 1 aliphatic rings. The number of thiophene rings is 1. The van der Waals surface area contributed by atoms with Crippen LogP contribution in [-0.4, -0.2) is 40.9 Å². The van der Waals surface area contributed by atoms with Gasteiger partial charge in [-0.3, -0.25) is 9.78 Å². The van der Waals surface area contributed by atoms with Crippen molar-refractivity contribution in [1.82, 2.24) is 14.9 Å². The third-order valence-electron chi connectivity index (χ3n) is 4.36. The second-order valence-corrected chi connectivity index (χ2v) is 6.91. The molecule has 1 N–H and O–H groups in total. The van der Waals surface area contributed by atoms with Gasteiger partial charge in [-0.15, -0.1) is 11.3 Å². The van der Waals surface area contributed by atoms with Gasteiger partial charge in [0.05, 0.1) is 10.6 Å². The first-order valence-electron chi connectivity index (χ1n) is 8.00. The van der Waals surface area contributed by atoms with Gasteiger partial charge in [-0.1, -0.05) is 0 Å². The summed E-state index contributed by atoms with van der Waals surface area (Å²) in [5.41, 5.74) is 2.06. The normalized spacial score (nSPS) is 18.0. The Balaban J connectivity index is 1.69. The number of rotatable bonds is 4. The van der Waals surface area contributed by atoms with Crippen molar-refractivity contribution in [2.24, 2.45) is 5.92 Å². The molecule has 1 amide bonds. The van der Waals surface area contributed by atoms with Crippen LogP contribution < -0.4 is 5.32 Å². The maximum Gasteiger partial charge on any atom is 0.264 e. The highest BCUT2D eigenvalue weighted by molar-refractivity contribution is 7.12. The zero-order chi connectivity index (χ0) is 16.2. The van der Waals surface area contributed by atoms with Gasteiger partial charge >= 0.3 is 0 Å². The SMILES string of the molecule is CNc1nccnc1CC1CCCN(C(=O)c2sccc2C)C1. The zero-order valence-electron chi connectivity index (χ0n) is 13.6. The van der Waals surface area contributed by atoms with Crippen molar-refractivity contribution >= 4 is 23.1 Å². The van der Waals surface area contributed by atoms with Gasteiger partial charge in [0.15, 0.2) is 0 Å². The van der Waals surface area contributed by atoms with Crippen LogP contribution in [0.25, 0.3) is 0 Å². The van der Waals surface area contributed by atoms with Crippen LogP contribution in [0.15, 0.2) is 23.8 Å². The van der Waals surface area contributed by atoms with Crippen molar-refractivity contribution < 1.29 is 4.79 Å². The summed E-state index contributed by atoms with van der Waals surface area (Å²) in [6.45, 7) is 3.66. The summed E-state index contributed by atoms with van der Waals surface area (Å²) in [5.74, 6) is 1.46. The number of anilines is 1. The lowest BCUT2D eigenvalue weighted by molar-refractivity contribution is 0.0677. The number of aryl methyl sites for hydroxylation is 1. The molecule has 5 nitrogen and oxygen atoms in total. The first-order valence-corrected chi connectivity index (χ1v) is 8.88. The fraction of sp³-hybridized carbons (Fsp3) is 0.471. The second-order valence-electron chi connectivity index (χ2n) is 6.00. The van der Waals surface area contributed by atoms with E-state index >= 15 is 0 Å². The van der Waals surface area contributed by atoms with Crippen molar-refractivity contribution in [2.75, 3.05) is 25.5 Å². The summed E-state index contributed by atoms with van der Waals surface area (Å²) < 4.78 is 0. The Morgan fingerprint density at radius 3 is 3.00 bits per heavy atom. The van der Waals surface area contributed by atoms with E-state index < -0.39 is 0 Å². The van der Waals surface area contributed by atoms with Crippen LogP contribution in [-0.2, 0) is 6.42 Å². The van der Waals surface area contributed by atoms with Crippen LogP contribution in [0.5, 0.6) is 0 Å². The maximum atomic E-state index is 12.7.